The molecule has 5 fully saturated rings. The first-order valence-corrected chi connectivity index (χ1v) is 24.6. The van der Waals surface area contributed by atoms with Gasteiger partial charge >= 0.3 is 10.4 Å². The summed E-state index contributed by atoms with van der Waals surface area (Å²) in [6.07, 6.45) is -37.0. The van der Waals surface area contributed by atoms with Crippen molar-refractivity contribution in [2.24, 2.45) is 0 Å². The van der Waals surface area contributed by atoms with Crippen LogP contribution in [0.15, 0.2) is 0 Å². The summed E-state index contributed by atoms with van der Waals surface area (Å²) < 4.78 is 89.4. The molecule has 5 aliphatic heterocycles. The SMILES string of the molecule is CC(=O)NC1C(O)OC(COS(=O)(=O)O)C(OC2OC(CO)C(OC3OC(CO)C(OC4OC(CO)C(OC5OC(CO)C(O)C(O)C5NC(C)=O)C(O)C4NC(C)=O)C(O)C3NC(C)=O)C(O)C2NC(C)=O)C1O. The van der Waals surface area contributed by atoms with Gasteiger partial charge < -0.3 is 125 Å². The molecule has 0 radical (unpaired) electrons. The quantitative estimate of drug-likeness (QED) is 0.0503. The highest BCUT2D eigenvalue weighted by molar-refractivity contribution is 7.80. The molecule has 0 bridgehead atoms. The number of aliphatic hydroxyl groups is 11. The number of ether oxygens (including phenoxy) is 9. The Kier molecular flexibility index (Phi) is 22.3. The van der Waals surface area contributed by atoms with Crippen molar-refractivity contribution in [2.75, 3.05) is 33.0 Å². The minimum absolute atomic E-state index is 0.727. The molecule has 0 spiro atoms. The van der Waals surface area contributed by atoms with Gasteiger partial charge in [-0.05, 0) is 0 Å². The Balaban J connectivity index is 1.41. The third kappa shape index (κ3) is 15.4. The number of nitrogens with one attached hydrogen (secondary N) is 5. The maximum Gasteiger partial charge on any atom is 0.397 e. The maximum absolute atomic E-state index is 12.7. The molecule has 5 amide bonds. The van der Waals surface area contributed by atoms with Crippen LogP contribution in [0, 0.1) is 0 Å². The largest absolute Gasteiger partial charge is 0.397 e. The minimum atomic E-state index is -5.18. The first-order valence-electron chi connectivity index (χ1n) is 23.2. The van der Waals surface area contributed by atoms with Crippen molar-refractivity contribution >= 4 is 39.9 Å². The molecule has 35 heteroatoms. The Bertz CT molecular complexity index is 2050. The highest BCUT2D eigenvalue weighted by Gasteiger charge is 2.58. The van der Waals surface area contributed by atoms with E-state index < -0.39 is 226 Å². The van der Waals surface area contributed by atoms with Crippen molar-refractivity contribution in [3.8, 4) is 0 Å². The predicted octanol–water partition coefficient (Wildman–Crippen LogP) is -11.4. The summed E-state index contributed by atoms with van der Waals surface area (Å²) in [5.74, 6) is -4.05. The van der Waals surface area contributed by atoms with E-state index in [2.05, 4.69) is 30.8 Å². The summed E-state index contributed by atoms with van der Waals surface area (Å²) in [6, 6.07) is -8.50. The van der Waals surface area contributed by atoms with Crippen molar-refractivity contribution in [1.82, 2.24) is 26.6 Å². The number of rotatable bonds is 20. The van der Waals surface area contributed by atoms with Gasteiger partial charge in [0.2, 0.25) is 29.5 Å². The number of hydrogen-bond donors (Lipinski definition) is 17. The minimum Gasteiger partial charge on any atom is -0.394 e. The van der Waals surface area contributed by atoms with Crippen molar-refractivity contribution in [1.29, 1.82) is 0 Å². The summed E-state index contributed by atoms with van der Waals surface area (Å²) in [5, 5.41) is 132. The Morgan fingerprint density at radius 2 is 0.667 bits per heavy atom. The van der Waals surface area contributed by atoms with Crippen LogP contribution in [0.4, 0.5) is 0 Å². The second kappa shape index (κ2) is 26.9. The van der Waals surface area contributed by atoms with E-state index in [1.54, 1.807) is 0 Å². The predicted molar refractivity (Wildman–Crippen MR) is 235 cm³/mol. The summed E-state index contributed by atoms with van der Waals surface area (Å²) in [6.45, 7) is 0.0144. The molecular formula is C40H67N5O29S. The van der Waals surface area contributed by atoms with E-state index in [-0.39, 0.29) is 0 Å². The van der Waals surface area contributed by atoms with E-state index >= 15 is 0 Å². The Morgan fingerprint density at radius 3 is 0.960 bits per heavy atom. The summed E-state index contributed by atoms with van der Waals surface area (Å²) in [4.78, 5) is 61.9. The summed E-state index contributed by atoms with van der Waals surface area (Å²) >= 11 is 0. The lowest BCUT2D eigenvalue weighted by atomic mass is 9.93. The topological polar surface area (TPSA) is 515 Å². The third-order valence-electron chi connectivity index (χ3n) is 12.5. The zero-order valence-corrected chi connectivity index (χ0v) is 41.5. The molecule has 0 aromatic heterocycles. The summed E-state index contributed by atoms with van der Waals surface area (Å²) in [7, 11) is -5.18. The van der Waals surface area contributed by atoms with Crippen LogP contribution in [0.2, 0.25) is 0 Å². The van der Waals surface area contributed by atoms with E-state index in [0.29, 0.717) is 0 Å². The van der Waals surface area contributed by atoms with Gasteiger partial charge in [-0.2, -0.15) is 8.42 Å². The Morgan fingerprint density at radius 1 is 0.400 bits per heavy atom. The van der Waals surface area contributed by atoms with Crippen LogP contribution in [0.3, 0.4) is 0 Å². The number of aliphatic hydroxyl groups excluding tert-OH is 11. The first-order chi connectivity index (χ1) is 35.1. The molecule has 0 aliphatic carbocycles. The molecule has 5 aliphatic rings. The highest BCUT2D eigenvalue weighted by Crippen LogP contribution is 2.36. The van der Waals surface area contributed by atoms with Crippen molar-refractivity contribution < 1.29 is 140 Å². The lowest BCUT2D eigenvalue weighted by molar-refractivity contribution is -0.367. The molecule has 0 saturated carbocycles. The van der Waals surface area contributed by atoms with E-state index in [4.69, 9.17) is 42.6 Å². The molecule has 75 heavy (non-hydrogen) atoms. The molecule has 0 aromatic carbocycles. The van der Waals surface area contributed by atoms with E-state index in [1.165, 1.54) is 0 Å². The van der Waals surface area contributed by atoms with E-state index in [9.17, 15) is 93.1 Å². The Labute approximate surface area is 426 Å². The second-order valence-electron chi connectivity index (χ2n) is 18.2. The highest BCUT2D eigenvalue weighted by atomic mass is 32.3. The van der Waals surface area contributed by atoms with Crippen molar-refractivity contribution in [3.63, 3.8) is 0 Å². The fourth-order valence-electron chi connectivity index (χ4n) is 9.21. The smallest absolute Gasteiger partial charge is 0.394 e. The monoisotopic (exact) mass is 1110 g/mol. The number of carbonyl (C=O) groups is 5. The zero-order chi connectivity index (χ0) is 56.0. The lowest BCUT2D eigenvalue weighted by Gasteiger charge is -2.51. The van der Waals surface area contributed by atoms with Gasteiger partial charge in [0.05, 0.1) is 33.0 Å². The molecule has 5 heterocycles. The molecule has 17 N–H and O–H groups in total. The van der Waals surface area contributed by atoms with Crippen molar-refractivity contribution in [2.45, 2.75) is 188 Å². The van der Waals surface area contributed by atoms with E-state index in [0.717, 1.165) is 34.6 Å². The molecule has 34 nitrogen and oxygen atoms in total. The van der Waals surface area contributed by atoms with Crippen LogP contribution in [0.5, 0.6) is 0 Å². The molecule has 5 saturated heterocycles. The maximum atomic E-state index is 12.7. The molecule has 0 aromatic rings. The lowest BCUT2D eigenvalue weighted by Crippen LogP contribution is -2.72. The van der Waals surface area contributed by atoms with Gasteiger partial charge in [-0.3, -0.25) is 28.5 Å². The molecule has 25 atom stereocenters. The molecule has 5 rings (SSSR count). The average molecular weight is 1110 g/mol. The number of carbonyl (C=O) groups excluding carboxylic acids is 5. The van der Waals surface area contributed by atoms with Crippen LogP contribution in [-0.4, -0.2) is 285 Å². The average Bonchev–Trinajstić information content (AvgIpc) is 3.32. The number of hydrogen-bond acceptors (Lipinski definition) is 28. The molecular weight excluding hydrogens is 1050 g/mol. The molecule has 25 unspecified atom stereocenters. The van der Waals surface area contributed by atoms with Gasteiger partial charge in [0.1, 0.15) is 122 Å². The van der Waals surface area contributed by atoms with Crippen LogP contribution in [-0.2, 0) is 81.2 Å². The fourth-order valence-corrected chi connectivity index (χ4v) is 9.51. The fraction of sp³-hybridized carbons (Fsp3) is 0.875. The van der Waals surface area contributed by atoms with Gasteiger partial charge in [0, 0.05) is 34.6 Å². The second-order valence-corrected chi connectivity index (χ2v) is 19.2. The third-order valence-corrected chi connectivity index (χ3v) is 13.0. The van der Waals surface area contributed by atoms with Gasteiger partial charge in [0.15, 0.2) is 31.5 Å². The van der Waals surface area contributed by atoms with Gasteiger partial charge in [-0.1, -0.05) is 0 Å². The van der Waals surface area contributed by atoms with Crippen LogP contribution in [0.25, 0.3) is 0 Å². The molecule has 432 valence electrons. The van der Waals surface area contributed by atoms with E-state index in [1.807, 2.05) is 0 Å². The van der Waals surface area contributed by atoms with Gasteiger partial charge in [0.25, 0.3) is 0 Å². The standard InChI is InChI=1S/C40H67N5O29S/c1-11(50)41-21-28(57)35(20(66-36(21)61)10-65-75(62,63)64)74-40-25(45-15(5)54)31(60)34(19(9-49)70-40)73-39-24(44-14(4)53)30(59)33(18(8-48)69-39)72-38-23(43-13(3)52)29(58)32(17(7-47)68-38)71-37-22(42-12(2)51)27(56)26(55)16(6-46)67-37/h16-40,46-49,55-61H,6-10H2,1-5H3,(H,41,50)(H,42,51)(H,43,52)(H,44,53)(H,45,54)(H,62,63,64). The number of amides is 5. The van der Waals surface area contributed by atoms with Crippen LogP contribution in [0.1, 0.15) is 34.6 Å². The van der Waals surface area contributed by atoms with Crippen LogP contribution < -0.4 is 26.6 Å². The Hall–Kier alpha value is -3.58. The first kappa shape index (κ1) is 62.3. The zero-order valence-electron chi connectivity index (χ0n) is 40.7. The van der Waals surface area contributed by atoms with Gasteiger partial charge in [-0.15, -0.1) is 0 Å². The van der Waals surface area contributed by atoms with Gasteiger partial charge in [-0.25, -0.2) is 4.18 Å². The van der Waals surface area contributed by atoms with Crippen LogP contribution >= 0.6 is 0 Å². The van der Waals surface area contributed by atoms with Crippen molar-refractivity contribution in [3.05, 3.63) is 0 Å². The normalized spacial score (nSPS) is 42.4. The summed E-state index contributed by atoms with van der Waals surface area (Å²) in [5.41, 5.74) is 0.